The minimum Gasteiger partial charge on any atom is -0.491 e. The molecule has 0 spiro atoms. The molecule has 6 rings (SSSR count). The molecular weight excluding hydrogens is 668 g/mol. The van der Waals surface area contributed by atoms with Crippen LogP contribution >= 0.6 is 11.6 Å². The fourth-order valence-electron chi connectivity index (χ4n) is 8.32. The van der Waals surface area contributed by atoms with E-state index in [2.05, 4.69) is 57.6 Å². The Morgan fingerprint density at radius 2 is 1.94 bits per heavy atom. The maximum absolute atomic E-state index is 13.3. The Morgan fingerprint density at radius 3 is 2.70 bits per heavy atom. The Balaban J connectivity index is 1.26. The van der Waals surface area contributed by atoms with Gasteiger partial charge in [-0.05, 0) is 98.7 Å². The number of nitrogens with zero attached hydrogens (tertiary/aromatic N) is 3. The van der Waals surface area contributed by atoms with Gasteiger partial charge < -0.3 is 14.4 Å². The molecule has 50 heavy (non-hydrogen) atoms. The Labute approximate surface area is 307 Å². The van der Waals surface area contributed by atoms with E-state index in [1.807, 2.05) is 32.0 Å². The van der Waals surface area contributed by atoms with Crippen molar-refractivity contribution >= 4 is 34.2 Å². The van der Waals surface area contributed by atoms with Crippen LogP contribution < -0.4 is 14.4 Å². The number of allylic oxidation sites excluding steroid dienone is 1. The lowest BCUT2D eigenvalue weighted by molar-refractivity contribution is -0.0492. The Bertz CT molecular complexity index is 1520. The molecule has 10 heteroatoms. The van der Waals surface area contributed by atoms with E-state index >= 15 is 0 Å². The number of rotatable bonds is 13. The topological polar surface area (TPSA) is 74.3 Å². The van der Waals surface area contributed by atoms with Gasteiger partial charge in [0, 0.05) is 73.6 Å². The van der Waals surface area contributed by atoms with Crippen molar-refractivity contribution in [1.29, 1.82) is 0 Å². The van der Waals surface area contributed by atoms with Crippen molar-refractivity contribution in [2.24, 2.45) is 17.8 Å². The molecule has 1 saturated carbocycles. The van der Waals surface area contributed by atoms with E-state index in [0.29, 0.717) is 36.0 Å². The highest BCUT2D eigenvalue weighted by Gasteiger charge is 2.40. The number of hydrogen-bond donors (Lipinski definition) is 1. The summed E-state index contributed by atoms with van der Waals surface area (Å²) in [5, 5.41) is 0.601. The van der Waals surface area contributed by atoms with Crippen LogP contribution in [0.5, 0.6) is 5.75 Å². The lowest BCUT2D eigenvalue weighted by Crippen LogP contribution is -2.59. The number of carbonyl (C=O) groups is 1. The molecule has 3 heterocycles. The number of aryl methyl sites for hydroxylation is 1. The van der Waals surface area contributed by atoms with Gasteiger partial charge in [-0.25, -0.2) is 4.21 Å². The van der Waals surface area contributed by atoms with E-state index in [1.54, 1.807) is 6.07 Å². The zero-order valence-electron chi connectivity index (χ0n) is 30.5. The molecule has 4 aliphatic rings. The molecule has 8 nitrogen and oxygen atoms in total. The molecule has 2 saturated heterocycles. The zero-order chi connectivity index (χ0) is 35.2. The fraction of sp³-hybridized carbons (Fsp3) is 0.625. The van der Waals surface area contributed by atoms with Gasteiger partial charge in [-0.1, -0.05) is 50.1 Å². The SMILES string of the molecule is CC/C=C/C(CN1CCN2CCOCC2C1)C1CCC1CN1CC(c2ccc(Cl)cc2CCC)COc2ccc(C(=O)NS(=O)C(C)C)cc21. The summed E-state index contributed by atoms with van der Waals surface area (Å²) in [6.45, 7) is 17.5. The van der Waals surface area contributed by atoms with E-state index in [4.69, 9.17) is 21.1 Å². The highest BCUT2D eigenvalue weighted by atomic mass is 35.5. The lowest BCUT2D eigenvalue weighted by Gasteiger charge is -2.48. The van der Waals surface area contributed by atoms with Crippen LogP contribution in [-0.4, -0.2) is 96.8 Å². The van der Waals surface area contributed by atoms with Gasteiger partial charge in [0.1, 0.15) is 16.7 Å². The molecule has 0 radical (unpaired) electrons. The first kappa shape index (κ1) is 37.3. The number of piperazine rings is 1. The molecule has 3 aliphatic heterocycles. The van der Waals surface area contributed by atoms with Crippen molar-refractivity contribution in [3.63, 3.8) is 0 Å². The summed E-state index contributed by atoms with van der Waals surface area (Å²) in [4.78, 5) is 21.1. The number of fused-ring (bicyclic) bond motifs is 2. The number of amides is 1. The van der Waals surface area contributed by atoms with E-state index in [0.717, 1.165) is 94.7 Å². The van der Waals surface area contributed by atoms with Crippen molar-refractivity contribution in [3.8, 4) is 5.75 Å². The molecule has 0 bridgehead atoms. The third-order valence-electron chi connectivity index (χ3n) is 11.2. The van der Waals surface area contributed by atoms with Gasteiger partial charge in [0.2, 0.25) is 0 Å². The van der Waals surface area contributed by atoms with Crippen molar-refractivity contribution in [3.05, 3.63) is 70.3 Å². The highest BCUT2D eigenvalue weighted by molar-refractivity contribution is 7.84. The average Bonchev–Trinajstić information content (AvgIpc) is 3.28. The number of anilines is 1. The van der Waals surface area contributed by atoms with E-state index in [1.165, 1.54) is 24.0 Å². The molecular formula is C40H57ClN4O4S. The first-order valence-corrected chi connectivity index (χ1v) is 20.6. The van der Waals surface area contributed by atoms with Crippen LogP contribution in [0.15, 0.2) is 48.6 Å². The highest BCUT2D eigenvalue weighted by Crippen LogP contribution is 2.44. The first-order chi connectivity index (χ1) is 24.2. The van der Waals surface area contributed by atoms with Gasteiger partial charge in [-0.15, -0.1) is 0 Å². The first-order valence-electron chi connectivity index (χ1n) is 19.0. The quantitative estimate of drug-likeness (QED) is 0.231. The molecule has 1 aliphatic carbocycles. The summed E-state index contributed by atoms with van der Waals surface area (Å²) >= 11 is 6.49. The molecule has 1 amide bonds. The van der Waals surface area contributed by atoms with Crippen molar-refractivity contribution in [1.82, 2.24) is 14.5 Å². The van der Waals surface area contributed by atoms with Gasteiger partial charge in [0.25, 0.3) is 5.91 Å². The standard InChI is InChI=1S/C40H57ClN4O4S/c1-5-7-9-31(22-43-16-17-44-18-19-48-27-35(44)25-43)37-13-10-32(37)23-45-24-33(36-14-12-34(41)20-29(36)8-6-2)26-49-39-15-11-30(21-38(39)45)40(46)42-50(47)28(3)4/h7,9,11-12,14-15,20-21,28,31-33,35,37H,5-6,8,10,13,16-19,22-27H2,1-4H3,(H,42,46)/b9-7+. The summed E-state index contributed by atoms with van der Waals surface area (Å²) < 4.78 is 27.7. The summed E-state index contributed by atoms with van der Waals surface area (Å²) in [5.41, 5.74) is 4.02. The van der Waals surface area contributed by atoms with Crippen molar-refractivity contribution in [2.45, 2.75) is 77.0 Å². The minimum absolute atomic E-state index is 0.148. The maximum Gasteiger partial charge on any atom is 0.263 e. The van der Waals surface area contributed by atoms with Gasteiger partial charge >= 0.3 is 0 Å². The number of ether oxygens (including phenoxy) is 2. The molecule has 2 aromatic rings. The Morgan fingerprint density at radius 1 is 1.08 bits per heavy atom. The number of morpholine rings is 1. The molecule has 1 N–H and O–H groups in total. The van der Waals surface area contributed by atoms with Crippen molar-refractivity contribution in [2.75, 3.05) is 70.5 Å². The second kappa shape index (κ2) is 17.4. The Kier molecular flexibility index (Phi) is 13.0. The zero-order valence-corrected chi connectivity index (χ0v) is 32.0. The van der Waals surface area contributed by atoms with E-state index < -0.39 is 11.0 Å². The smallest absolute Gasteiger partial charge is 0.263 e. The van der Waals surface area contributed by atoms with E-state index in [9.17, 15) is 9.00 Å². The normalized spacial score (nSPS) is 25.7. The summed E-state index contributed by atoms with van der Waals surface area (Å²) in [6.07, 6.45) is 10.4. The monoisotopic (exact) mass is 724 g/mol. The fourth-order valence-corrected chi connectivity index (χ4v) is 9.05. The van der Waals surface area contributed by atoms with Gasteiger partial charge in [-0.3, -0.25) is 19.3 Å². The van der Waals surface area contributed by atoms with Crippen LogP contribution in [0.1, 0.15) is 80.8 Å². The third-order valence-corrected chi connectivity index (χ3v) is 12.7. The predicted octanol–water partition coefficient (Wildman–Crippen LogP) is 6.70. The van der Waals surface area contributed by atoms with Crippen LogP contribution in [0.3, 0.4) is 0 Å². The van der Waals surface area contributed by atoms with E-state index in [-0.39, 0.29) is 17.1 Å². The summed E-state index contributed by atoms with van der Waals surface area (Å²) in [5.74, 6) is 2.24. The van der Waals surface area contributed by atoms with Crippen LogP contribution in [0.25, 0.3) is 0 Å². The largest absolute Gasteiger partial charge is 0.491 e. The molecule has 0 aromatic heterocycles. The number of halogens is 1. The van der Waals surface area contributed by atoms with Gasteiger partial charge in [0.15, 0.2) is 0 Å². The second-order valence-corrected chi connectivity index (χ2v) is 17.2. The summed E-state index contributed by atoms with van der Waals surface area (Å²) in [6, 6.07) is 12.5. The summed E-state index contributed by atoms with van der Waals surface area (Å²) in [7, 11) is -1.45. The van der Waals surface area contributed by atoms with Crippen LogP contribution in [0.4, 0.5) is 5.69 Å². The number of hydrogen-bond acceptors (Lipinski definition) is 7. The van der Waals surface area contributed by atoms with Crippen LogP contribution in [0.2, 0.25) is 5.02 Å². The third kappa shape index (κ3) is 8.95. The Hall–Kier alpha value is -2.43. The minimum atomic E-state index is -1.45. The molecule has 6 unspecified atom stereocenters. The molecule has 2 aromatic carbocycles. The second-order valence-electron chi connectivity index (χ2n) is 15.0. The molecule has 274 valence electrons. The average molecular weight is 725 g/mol. The van der Waals surface area contributed by atoms with Crippen molar-refractivity contribution < 1.29 is 18.5 Å². The number of carbonyl (C=O) groups excluding carboxylic acids is 1. The van der Waals surface area contributed by atoms with Crippen LogP contribution in [-0.2, 0) is 22.1 Å². The number of benzene rings is 2. The van der Waals surface area contributed by atoms with Gasteiger partial charge in [-0.2, -0.15) is 0 Å². The molecule has 3 fully saturated rings. The van der Waals surface area contributed by atoms with Gasteiger partial charge in [0.05, 0.1) is 25.5 Å². The lowest BCUT2D eigenvalue weighted by atomic mass is 9.66. The number of nitrogens with one attached hydrogen (secondary N) is 1. The maximum atomic E-state index is 13.3. The molecule has 6 atom stereocenters. The van der Waals surface area contributed by atoms with Crippen LogP contribution in [0, 0.1) is 17.8 Å². The predicted molar refractivity (Wildman–Crippen MR) is 205 cm³/mol.